The molecule has 0 amide bonds. The van der Waals surface area contributed by atoms with Crippen LogP contribution in [0.3, 0.4) is 0 Å². The molecule has 2 rings (SSSR count). The lowest BCUT2D eigenvalue weighted by Crippen LogP contribution is -2.45. The van der Waals surface area contributed by atoms with Gasteiger partial charge in [-0.15, -0.1) is 0 Å². The van der Waals surface area contributed by atoms with E-state index in [1.54, 1.807) is 12.1 Å². The van der Waals surface area contributed by atoms with Crippen molar-refractivity contribution < 1.29 is 13.2 Å². The molecule has 1 aromatic rings. The zero-order chi connectivity index (χ0) is 14.0. The number of rotatable bonds is 3. The highest BCUT2D eigenvalue weighted by atomic mass is 32.2. The van der Waals surface area contributed by atoms with Crippen molar-refractivity contribution in [2.24, 2.45) is 5.73 Å². The molecule has 0 unspecified atom stereocenters. The first kappa shape index (κ1) is 14.3. The van der Waals surface area contributed by atoms with Crippen LogP contribution in [-0.4, -0.2) is 39.0 Å². The van der Waals surface area contributed by atoms with Crippen LogP contribution in [0.2, 0.25) is 0 Å². The van der Waals surface area contributed by atoms with Crippen LogP contribution in [-0.2, 0) is 10.0 Å². The van der Waals surface area contributed by atoms with Crippen LogP contribution in [0.4, 0.5) is 0 Å². The number of piperidine rings is 1. The first-order valence-corrected chi connectivity index (χ1v) is 7.79. The maximum absolute atomic E-state index is 12.7. The van der Waals surface area contributed by atoms with Gasteiger partial charge in [0, 0.05) is 19.1 Å². The summed E-state index contributed by atoms with van der Waals surface area (Å²) in [5.74, 6) is 0.379. The van der Waals surface area contributed by atoms with E-state index < -0.39 is 10.0 Å². The van der Waals surface area contributed by atoms with Crippen LogP contribution in [0.5, 0.6) is 5.75 Å². The third kappa shape index (κ3) is 2.91. The molecule has 2 N–H and O–H groups in total. The number of benzene rings is 1. The van der Waals surface area contributed by atoms with Gasteiger partial charge in [-0.2, -0.15) is 4.31 Å². The molecule has 106 valence electrons. The van der Waals surface area contributed by atoms with Crippen LogP contribution in [0.25, 0.3) is 0 Å². The highest BCUT2D eigenvalue weighted by Gasteiger charge is 2.31. The summed E-state index contributed by atoms with van der Waals surface area (Å²) in [4.78, 5) is 0.226. The predicted molar refractivity (Wildman–Crippen MR) is 73.7 cm³/mol. The summed E-state index contributed by atoms with van der Waals surface area (Å²) >= 11 is 0. The number of nitrogens with zero attached hydrogens (tertiary/aromatic N) is 1. The number of aryl methyl sites for hydroxylation is 1. The van der Waals surface area contributed by atoms with E-state index in [-0.39, 0.29) is 10.9 Å². The number of sulfonamides is 1. The van der Waals surface area contributed by atoms with Crippen molar-refractivity contribution in [3.8, 4) is 5.75 Å². The Balaban J connectivity index is 2.41. The Kier molecular flexibility index (Phi) is 4.13. The van der Waals surface area contributed by atoms with Gasteiger partial charge in [-0.3, -0.25) is 0 Å². The zero-order valence-electron chi connectivity index (χ0n) is 11.3. The van der Waals surface area contributed by atoms with Crippen molar-refractivity contribution in [1.82, 2.24) is 4.31 Å². The second kappa shape index (κ2) is 5.48. The molecule has 0 bridgehead atoms. The second-order valence-corrected chi connectivity index (χ2v) is 6.83. The fourth-order valence-electron chi connectivity index (χ4n) is 2.32. The summed E-state index contributed by atoms with van der Waals surface area (Å²) in [5.41, 5.74) is 6.75. The number of methoxy groups -OCH3 is 1. The van der Waals surface area contributed by atoms with Crippen molar-refractivity contribution >= 4 is 10.0 Å². The fraction of sp³-hybridized carbons (Fsp3) is 0.538. The van der Waals surface area contributed by atoms with Gasteiger partial charge in [0.25, 0.3) is 0 Å². The lowest BCUT2D eigenvalue weighted by molar-refractivity contribution is 0.314. The van der Waals surface area contributed by atoms with Gasteiger partial charge in [-0.25, -0.2) is 8.42 Å². The van der Waals surface area contributed by atoms with E-state index in [9.17, 15) is 8.42 Å². The van der Waals surface area contributed by atoms with Crippen LogP contribution in [0, 0.1) is 6.92 Å². The van der Waals surface area contributed by atoms with Crippen LogP contribution >= 0.6 is 0 Å². The Morgan fingerprint density at radius 2 is 2.16 bits per heavy atom. The minimum atomic E-state index is -3.53. The lowest BCUT2D eigenvalue weighted by atomic mass is 10.1. The van der Waals surface area contributed by atoms with E-state index in [0.29, 0.717) is 18.8 Å². The quantitative estimate of drug-likeness (QED) is 0.902. The summed E-state index contributed by atoms with van der Waals surface area (Å²) in [6.45, 7) is 2.76. The number of ether oxygens (including phenoxy) is 1. The molecule has 0 saturated carbocycles. The highest BCUT2D eigenvalue weighted by molar-refractivity contribution is 7.89. The second-order valence-electron chi connectivity index (χ2n) is 4.92. The molecule has 0 aliphatic carbocycles. The van der Waals surface area contributed by atoms with Gasteiger partial charge < -0.3 is 10.5 Å². The van der Waals surface area contributed by atoms with Gasteiger partial charge in [-0.1, -0.05) is 6.07 Å². The van der Waals surface area contributed by atoms with Gasteiger partial charge in [-0.05, 0) is 37.5 Å². The molecule has 1 saturated heterocycles. The maximum atomic E-state index is 12.7. The summed E-state index contributed by atoms with van der Waals surface area (Å²) in [7, 11) is -2.05. The largest absolute Gasteiger partial charge is 0.495 e. The molecule has 0 radical (unpaired) electrons. The maximum Gasteiger partial charge on any atom is 0.246 e. The molecule has 0 aromatic heterocycles. The molecule has 1 aromatic carbocycles. The minimum absolute atomic E-state index is 0.0840. The van der Waals surface area contributed by atoms with Crippen molar-refractivity contribution in [3.05, 3.63) is 23.8 Å². The molecule has 6 heteroatoms. The van der Waals surface area contributed by atoms with Crippen LogP contribution < -0.4 is 10.5 Å². The summed E-state index contributed by atoms with van der Waals surface area (Å²) in [5, 5.41) is 0. The predicted octanol–water partition coefficient (Wildman–Crippen LogP) is 1.12. The Bertz CT molecular complexity index is 557. The third-order valence-corrected chi connectivity index (χ3v) is 5.24. The number of hydrogen-bond donors (Lipinski definition) is 1. The van der Waals surface area contributed by atoms with E-state index in [4.69, 9.17) is 10.5 Å². The van der Waals surface area contributed by atoms with Crippen molar-refractivity contribution in [2.45, 2.75) is 30.7 Å². The average Bonchev–Trinajstić information content (AvgIpc) is 2.38. The van der Waals surface area contributed by atoms with Crippen molar-refractivity contribution in [1.29, 1.82) is 0 Å². The Morgan fingerprint density at radius 1 is 1.42 bits per heavy atom. The molecule has 0 spiro atoms. The fourth-order valence-corrected chi connectivity index (χ4v) is 4.09. The van der Waals surface area contributed by atoms with Gasteiger partial charge >= 0.3 is 0 Å². The summed E-state index contributed by atoms with van der Waals surface area (Å²) in [6.07, 6.45) is 1.67. The smallest absolute Gasteiger partial charge is 0.246 e. The van der Waals surface area contributed by atoms with E-state index in [1.807, 2.05) is 13.0 Å². The topological polar surface area (TPSA) is 72.6 Å². The Hall–Kier alpha value is -1.11. The molecule has 1 heterocycles. The normalized spacial score (nSPS) is 21.3. The first-order valence-electron chi connectivity index (χ1n) is 6.35. The monoisotopic (exact) mass is 284 g/mol. The van der Waals surface area contributed by atoms with E-state index in [2.05, 4.69) is 0 Å². The standard InChI is InChI=1S/C13H20N2O3S/c1-10-5-6-12(18-2)13(8-10)19(16,17)15-7-3-4-11(14)9-15/h5-6,8,11H,3-4,7,9,14H2,1-2H3/t11-/m1/s1. The molecular weight excluding hydrogens is 264 g/mol. The molecule has 1 aliphatic heterocycles. The average molecular weight is 284 g/mol. The first-order chi connectivity index (χ1) is 8.95. The number of hydrogen-bond acceptors (Lipinski definition) is 4. The minimum Gasteiger partial charge on any atom is -0.495 e. The van der Waals surface area contributed by atoms with Crippen molar-refractivity contribution in [3.63, 3.8) is 0 Å². The molecule has 1 fully saturated rings. The van der Waals surface area contributed by atoms with Gasteiger partial charge in [0.15, 0.2) is 0 Å². The number of nitrogens with two attached hydrogens (primary N) is 1. The molecular formula is C13H20N2O3S. The van der Waals surface area contributed by atoms with E-state index in [0.717, 1.165) is 18.4 Å². The van der Waals surface area contributed by atoms with Crippen molar-refractivity contribution in [2.75, 3.05) is 20.2 Å². The van der Waals surface area contributed by atoms with Gasteiger partial charge in [0.2, 0.25) is 10.0 Å². The summed E-state index contributed by atoms with van der Waals surface area (Å²) < 4.78 is 31.9. The SMILES string of the molecule is COc1ccc(C)cc1S(=O)(=O)N1CCC[C@@H](N)C1. The lowest BCUT2D eigenvalue weighted by Gasteiger charge is -2.30. The zero-order valence-corrected chi connectivity index (χ0v) is 12.1. The Labute approximate surface area is 114 Å². The van der Waals surface area contributed by atoms with Crippen LogP contribution in [0.15, 0.2) is 23.1 Å². The van der Waals surface area contributed by atoms with Crippen LogP contribution in [0.1, 0.15) is 18.4 Å². The molecule has 1 aliphatic rings. The highest BCUT2D eigenvalue weighted by Crippen LogP contribution is 2.29. The molecule has 19 heavy (non-hydrogen) atoms. The van der Waals surface area contributed by atoms with Gasteiger partial charge in [0.1, 0.15) is 10.6 Å². The molecule has 5 nitrogen and oxygen atoms in total. The Morgan fingerprint density at radius 3 is 2.79 bits per heavy atom. The van der Waals surface area contributed by atoms with E-state index in [1.165, 1.54) is 11.4 Å². The van der Waals surface area contributed by atoms with Gasteiger partial charge in [0.05, 0.1) is 7.11 Å². The summed E-state index contributed by atoms with van der Waals surface area (Å²) in [6, 6.07) is 5.08. The molecule has 1 atom stereocenters. The third-order valence-electron chi connectivity index (χ3n) is 3.36. The van der Waals surface area contributed by atoms with E-state index >= 15 is 0 Å².